The van der Waals surface area contributed by atoms with Crippen LogP contribution in [0.3, 0.4) is 0 Å². The van der Waals surface area contributed by atoms with E-state index >= 15 is 0 Å². The topological polar surface area (TPSA) is 65.9 Å². The Labute approximate surface area is 159 Å². The quantitative estimate of drug-likeness (QED) is 0.189. The molecule has 0 unspecified atom stereocenters. The number of hydrogen-bond donors (Lipinski definition) is 3. The Kier molecular flexibility index (Phi) is 13.2. The van der Waals surface area contributed by atoms with Gasteiger partial charge in [-0.05, 0) is 38.5 Å². The standard InChI is InChI=1S/C17H35N3O2.HI/c1-4-9-17(21,10-5-2)14-20-16(18-6-3)19-11-12-22-13-15-7-8-15;/h15,21H,4-14H2,1-3H3,(H2,18,19,20);1H. The number of hydrogen-bond acceptors (Lipinski definition) is 3. The molecule has 0 aromatic carbocycles. The highest BCUT2D eigenvalue weighted by Gasteiger charge is 2.24. The summed E-state index contributed by atoms with van der Waals surface area (Å²) in [4.78, 5) is 4.56. The third kappa shape index (κ3) is 11.2. The molecule has 6 heteroatoms. The van der Waals surface area contributed by atoms with Gasteiger partial charge in [-0.15, -0.1) is 24.0 Å². The number of aliphatic hydroxyl groups is 1. The molecule has 3 N–H and O–H groups in total. The number of rotatable bonds is 12. The molecule has 1 rings (SSSR count). The van der Waals surface area contributed by atoms with E-state index in [0.29, 0.717) is 13.2 Å². The maximum absolute atomic E-state index is 10.6. The number of nitrogens with one attached hydrogen (secondary N) is 2. The van der Waals surface area contributed by atoms with E-state index in [9.17, 15) is 5.11 Å². The fourth-order valence-electron chi connectivity index (χ4n) is 2.56. The predicted octanol–water partition coefficient (Wildman–Crippen LogP) is 2.92. The lowest BCUT2D eigenvalue weighted by molar-refractivity contribution is 0.0306. The van der Waals surface area contributed by atoms with Crippen LogP contribution in [0.25, 0.3) is 0 Å². The van der Waals surface area contributed by atoms with Crippen molar-refractivity contribution >= 4 is 29.9 Å². The van der Waals surface area contributed by atoms with Crippen LogP contribution < -0.4 is 10.6 Å². The van der Waals surface area contributed by atoms with E-state index in [1.165, 1.54) is 12.8 Å². The van der Waals surface area contributed by atoms with E-state index in [2.05, 4.69) is 29.5 Å². The predicted molar refractivity (Wildman–Crippen MR) is 108 cm³/mol. The van der Waals surface area contributed by atoms with Crippen molar-refractivity contribution in [3.8, 4) is 0 Å². The number of aliphatic imine (C=N–C) groups is 1. The zero-order valence-electron chi connectivity index (χ0n) is 15.1. The van der Waals surface area contributed by atoms with Gasteiger partial charge in [0.2, 0.25) is 0 Å². The second-order valence-electron chi connectivity index (χ2n) is 6.36. The lowest BCUT2D eigenvalue weighted by atomic mass is 9.93. The summed E-state index contributed by atoms with van der Waals surface area (Å²) in [7, 11) is 0. The summed E-state index contributed by atoms with van der Waals surface area (Å²) in [5, 5.41) is 17.1. The second kappa shape index (κ2) is 13.2. The Morgan fingerprint density at radius 1 is 1.17 bits per heavy atom. The monoisotopic (exact) mass is 441 g/mol. The summed E-state index contributed by atoms with van der Waals surface area (Å²) in [6.07, 6.45) is 6.20. The molecule has 0 radical (unpaired) electrons. The van der Waals surface area contributed by atoms with Gasteiger partial charge in [-0.2, -0.15) is 0 Å². The first-order valence-electron chi connectivity index (χ1n) is 8.95. The summed E-state index contributed by atoms with van der Waals surface area (Å²) in [6, 6.07) is 0. The molecule has 0 aromatic heterocycles. The molecule has 0 heterocycles. The van der Waals surface area contributed by atoms with Gasteiger partial charge < -0.3 is 20.5 Å². The van der Waals surface area contributed by atoms with Crippen molar-refractivity contribution in [1.29, 1.82) is 0 Å². The fraction of sp³-hybridized carbons (Fsp3) is 0.941. The molecule has 1 saturated carbocycles. The Balaban J connectivity index is 0.00000484. The fourth-order valence-corrected chi connectivity index (χ4v) is 2.56. The normalized spacial score (nSPS) is 15.2. The van der Waals surface area contributed by atoms with Gasteiger partial charge in [0.05, 0.1) is 18.8 Å². The molecule has 0 saturated heterocycles. The number of halogens is 1. The first-order valence-corrected chi connectivity index (χ1v) is 8.95. The van der Waals surface area contributed by atoms with Crippen LogP contribution in [-0.2, 0) is 4.74 Å². The first-order chi connectivity index (χ1) is 10.6. The SMILES string of the molecule is CCCC(O)(CCC)CN=C(NCC)NCCOCC1CC1.I. The van der Waals surface area contributed by atoms with Crippen molar-refractivity contribution in [2.24, 2.45) is 10.9 Å². The first kappa shape index (κ1) is 22.9. The van der Waals surface area contributed by atoms with Crippen LogP contribution in [0.5, 0.6) is 0 Å². The number of nitrogens with zero attached hydrogens (tertiary/aromatic N) is 1. The lowest BCUT2D eigenvalue weighted by Crippen LogP contribution is -2.41. The average Bonchev–Trinajstić information content (AvgIpc) is 3.29. The van der Waals surface area contributed by atoms with Gasteiger partial charge in [-0.3, -0.25) is 4.99 Å². The molecule has 0 amide bonds. The van der Waals surface area contributed by atoms with Gasteiger partial charge in [-0.25, -0.2) is 0 Å². The van der Waals surface area contributed by atoms with Gasteiger partial charge in [0.15, 0.2) is 5.96 Å². The van der Waals surface area contributed by atoms with Crippen LogP contribution in [0.4, 0.5) is 0 Å². The molecular weight excluding hydrogens is 405 g/mol. The van der Waals surface area contributed by atoms with E-state index in [0.717, 1.165) is 57.3 Å². The van der Waals surface area contributed by atoms with Crippen molar-refractivity contribution in [1.82, 2.24) is 10.6 Å². The van der Waals surface area contributed by atoms with Crippen molar-refractivity contribution in [3.05, 3.63) is 0 Å². The van der Waals surface area contributed by atoms with Crippen LogP contribution >= 0.6 is 24.0 Å². The molecule has 138 valence electrons. The van der Waals surface area contributed by atoms with Gasteiger partial charge in [-0.1, -0.05) is 26.7 Å². The molecule has 1 aliphatic rings. The summed E-state index contributed by atoms with van der Waals surface area (Å²) in [5.74, 6) is 1.57. The molecule has 0 spiro atoms. The molecule has 23 heavy (non-hydrogen) atoms. The zero-order valence-corrected chi connectivity index (χ0v) is 17.4. The molecule has 0 aromatic rings. The summed E-state index contributed by atoms with van der Waals surface area (Å²) < 4.78 is 5.61. The highest BCUT2D eigenvalue weighted by Crippen LogP contribution is 2.28. The van der Waals surface area contributed by atoms with Crippen LogP contribution in [-0.4, -0.2) is 49.5 Å². The van der Waals surface area contributed by atoms with E-state index < -0.39 is 5.60 Å². The van der Waals surface area contributed by atoms with Crippen molar-refractivity contribution in [3.63, 3.8) is 0 Å². The average molecular weight is 441 g/mol. The van der Waals surface area contributed by atoms with Gasteiger partial charge in [0.1, 0.15) is 0 Å². The smallest absolute Gasteiger partial charge is 0.191 e. The van der Waals surface area contributed by atoms with Gasteiger partial charge in [0, 0.05) is 19.7 Å². The zero-order chi connectivity index (χ0) is 16.3. The summed E-state index contributed by atoms with van der Waals surface area (Å²) >= 11 is 0. The minimum atomic E-state index is -0.672. The second-order valence-corrected chi connectivity index (χ2v) is 6.36. The highest BCUT2D eigenvalue weighted by molar-refractivity contribution is 14.0. The van der Waals surface area contributed by atoms with E-state index in [1.54, 1.807) is 0 Å². The van der Waals surface area contributed by atoms with Crippen molar-refractivity contribution < 1.29 is 9.84 Å². The Morgan fingerprint density at radius 2 is 1.83 bits per heavy atom. The largest absolute Gasteiger partial charge is 0.388 e. The molecule has 0 atom stereocenters. The Hall–Kier alpha value is -0.0800. The minimum Gasteiger partial charge on any atom is -0.388 e. The molecule has 1 aliphatic carbocycles. The lowest BCUT2D eigenvalue weighted by Gasteiger charge is -2.26. The third-order valence-corrected chi connectivity index (χ3v) is 3.90. The summed E-state index contributed by atoms with van der Waals surface area (Å²) in [6.45, 7) is 9.86. The van der Waals surface area contributed by atoms with Gasteiger partial charge >= 0.3 is 0 Å². The highest BCUT2D eigenvalue weighted by atomic mass is 127. The number of ether oxygens (including phenoxy) is 1. The maximum atomic E-state index is 10.6. The Morgan fingerprint density at radius 3 is 2.35 bits per heavy atom. The number of guanidine groups is 1. The third-order valence-electron chi connectivity index (χ3n) is 3.90. The van der Waals surface area contributed by atoms with Crippen LogP contribution in [0.15, 0.2) is 4.99 Å². The summed E-state index contributed by atoms with van der Waals surface area (Å²) in [5.41, 5.74) is -0.672. The van der Waals surface area contributed by atoms with Crippen molar-refractivity contribution in [2.75, 3.05) is 32.8 Å². The molecule has 1 fully saturated rings. The molecular formula is C17H36IN3O2. The van der Waals surface area contributed by atoms with Gasteiger partial charge in [0.25, 0.3) is 0 Å². The Bertz CT molecular complexity index is 317. The van der Waals surface area contributed by atoms with Crippen LogP contribution in [0, 0.1) is 5.92 Å². The maximum Gasteiger partial charge on any atom is 0.191 e. The minimum absolute atomic E-state index is 0. The molecule has 5 nitrogen and oxygen atoms in total. The van der Waals surface area contributed by atoms with Crippen LogP contribution in [0.2, 0.25) is 0 Å². The van der Waals surface area contributed by atoms with E-state index in [4.69, 9.17) is 4.74 Å². The molecule has 0 aliphatic heterocycles. The van der Waals surface area contributed by atoms with Crippen molar-refractivity contribution in [2.45, 2.75) is 64.9 Å². The molecule has 0 bridgehead atoms. The van der Waals surface area contributed by atoms with E-state index in [1.807, 2.05) is 6.92 Å². The van der Waals surface area contributed by atoms with E-state index in [-0.39, 0.29) is 24.0 Å². The van der Waals surface area contributed by atoms with Crippen LogP contribution in [0.1, 0.15) is 59.3 Å².